The fourth-order valence-electron chi connectivity index (χ4n) is 3.70. The van der Waals surface area contributed by atoms with Crippen molar-refractivity contribution in [3.63, 3.8) is 0 Å². The van der Waals surface area contributed by atoms with Gasteiger partial charge in [0.2, 0.25) is 0 Å². The van der Waals surface area contributed by atoms with E-state index in [-0.39, 0.29) is 6.04 Å². The lowest BCUT2D eigenvalue weighted by Gasteiger charge is -2.19. The van der Waals surface area contributed by atoms with Gasteiger partial charge in [0.15, 0.2) is 0 Å². The predicted octanol–water partition coefficient (Wildman–Crippen LogP) is 6.57. The lowest BCUT2D eigenvalue weighted by atomic mass is 10.0. The molecule has 133 valence electrons. The van der Waals surface area contributed by atoms with Crippen LogP contribution in [0.2, 0.25) is 5.02 Å². The van der Waals surface area contributed by atoms with Gasteiger partial charge in [0.05, 0.1) is 5.69 Å². The minimum Gasteiger partial charge on any atom is -0.345 e. The topological polar surface area (TPSA) is 19.0 Å². The highest BCUT2D eigenvalue weighted by molar-refractivity contribution is 7.15. The van der Waals surface area contributed by atoms with E-state index in [1.807, 2.05) is 6.07 Å². The smallest absolute Gasteiger partial charge is 0.117 e. The average molecular weight is 390 g/mol. The van der Waals surface area contributed by atoms with Crippen LogP contribution in [0, 0.1) is 6.92 Å². The number of hydrogen-bond acceptors (Lipinski definition) is 1. The van der Waals surface area contributed by atoms with Crippen molar-refractivity contribution >= 4 is 28.6 Å². The maximum Gasteiger partial charge on any atom is 0.117 e. The molecule has 0 fully saturated rings. The first-order valence-corrected chi connectivity index (χ1v) is 10.2. The van der Waals surface area contributed by atoms with E-state index < -0.39 is 0 Å². The Morgan fingerprint density at radius 1 is 1.04 bits per heavy atom. The Hall–Kier alpha value is -2.49. The summed E-state index contributed by atoms with van der Waals surface area (Å²) in [6, 6.07) is 23.1. The van der Waals surface area contributed by atoms with Crippen LogP contribution in [-0.4, -0.2) is 4.57 Å². The molecule has 0 spiro atoms. The molecule has 3 heterocycles. The molecule has 0 saturated heterocycles. The lowest BCUT2D eigenvalue weighted by molar-refractivity contribution is 0.667. The summed E-state index contributed by atoms with van der Waals surface area (Å²) in [6.07, 6.45) is 2.12. The second-order valence-electron chi connectivity index (χ2n) is 6.87. The summed E-state index contributed by atoms with van der Waals surface area (Å²) >= 11 is 8.56. The number of hydrogen-bond donors (Lipinski definition) is 0. The van der Waals surface area contributed by atoms with Crippen LogP contribution in [0.1, 0.15) is 27.7 Å². The molecule has 0 aliphatic carbocycles. The van der Waals surface area contributed by atoms with Crippen molar-refractivity contribution in [2.75, 3.05) is 0 Å². The minimum absolute atomic E-state index is 0.102. The molecule has 1 aliphatic heterocycles. The van der Waals surface area contributed by atoms with Gasteiger partial charge in [-0.2, -0.15) is 0 Å². The van der Waals surface area contributed by atoms with Gasteiger partial charge in [-0.3, -0.25) is 5.32 Å². The molecule has 5 rings (SSSR count). The van der Waals surface area contributed by atoms with Gasteiger partial charge < -0.3 is 4.57 Å². The van der Waals surface area contributed by atoms with E-state index in [0.29, 0.717) is 0 Å². The number of fused-ring (bicyclic) bond motifs is 2. The number of nitrogens with zero attached hydrogens (tertiary/aromatic N) is 2. The Balaban J connectivity index is 1.60. The van der Waals surface area contributed by atoms with Crippen molar-refractivity contribution in [2.24, 2.45) is 0 Å². The zero-order valence-corrected chi connectivity index (χ0v) is 16.5. The first-order chi connectivity index (χ1) is 13.2. The van der Waals surface area contributed by atoms with Crippen LogP contribution in [0.5, 0.6) is 0 Å². The molecule has 2 aromatic carbocycles. The highest BCUT2D eigenvalue weighted by Gasteiger charge is 2.26. The summed E-state index contributed by atoms with van der Waals surface area (Å²) in [5.74, 6) is 0. The van der Waals surface area contributed by atoms with Crippen LogP contribution in [0.15, 0.2) is 72.9 Å². The molecular weight excluding hydrogens is 372 g/mol. The monoisotopic (exact) mass is 389 g/mol. The number of aromatic nitrogens is 1. The molecule has 0 amide bonds. The molecule has 27 heavy (non-hydrogen) atoms. The van der Waals surface area contributed by atoms with E-state index in [1.54, 1.807) is 11.3 Å². The van der Waals surface area contributed by atoms with Gasteiger partial charge in [-0.15, -0.1) is 11.3 Å². The Labute approximate surface area is 168 Å². The standard InChI is InChI=1S/C23H18ClN2S/c1-15-8-11-22(27-15)16-9-10-18(19(24)13-16)23-21-7-4-12-26(21)14-17-5-2-3-6-20(17)25-23/h2-13,23H,14H2,1H3. The largest absolute Gasteiger partial charge is 0.345 e. The van der Waals surface area contributed by atoms with Crippen LogP contribution in [0.4, 0.5) is 5.69 Å². The minimum atomic E-state index is -0.102. The van der Waals surface area contributed by atoms with Crippen molar-refractivity contribution in [1.82, 2.24) is 9.88 Å². The fourth-order valence-corrected chi connectivity index (χ4v) is 4.85. The average Bonchev–Trinajstić information content (AvgIpc) is 3.27. The lowest BCUT2D eigenvalue weighted by Crippen LogP contribution is -2.13. The number of rotatable bonds is 2. The molecule has 1 aliphatic rings. The molecule has 2 nitrogen and oxygen atoms in total. The second kappa shape index (κ2) is 6.59. The number of para-hydroxylation sites is 1. The molecule has 4 heteroatoms. The first kappa shape index (κ1) is 16.7. The number of halogens is 1. The van der Waals surface area contributed by atoms with Crippen LogP contribution in [-0.2, 0) is 6.54 Å². The van der Waals surface area contributed by atoms with Crippen LogP contribution < -0.4 is 5.32 Å². The van der Waals surface area contributed by atoms with Crippen molar-refractivity contribution < 1.29 is 0 Å². The third-order valence-corrected chi connectivity index (χ3v) is 6.44. The van der Waals surface area contributed by atoms with Crippen molar-refractivity contribution in [2.45, 2.75) is 19.5 Å². The van der Waals surface area contributed by atoms with Crippen LogP contribution in [0.25, 0.3) is 10.4 Å². The quantitative estimate of drug-likeness (QED) is 0.369. The van der Waals surface area contributed by atoms with Crippen LogP contribution in [0.3, 0.4) is 0 Å². The summed E-state index contributed by atoms with van der Waals surface area (Å²) in [4.78, 5) is 2.55. The summed E-state index contributed by atoms with van der Waals surface area (Å²) in [7, 11) is 0. The molecule has 1 radical (unpaired) electrons. The zero-order chi connectivity index (χ0) is 18.4. The molecule has 4 aromatic rings. The molecule has 1 unspecified atom stereocenters. The maximum absolute atomic E-state index is 6.77. The fraction of sp³-hybridized carbons (Fsp3) is 0.130. The third kappa shape index (κ3) is 2.97. The SMILES string of the molecule is Cc1ccc(-c2ccc(C3[N]c4ccccc4Cn4cccc43)c(Cl)c2)s1. The Bertz CT molecular complexity index is 1120. The molecule has 0 saturated carbocycles. The highest BCUT2D eigenvalue weighted by Crippen LogP contribution is 2.38. The molecule has 2 aromatic heterocycles. The zero-order valence-electron chi connectivity index (χ0n) is 14.9. The Morgan fingerprint density at radius 2 is 1.93 bits per heavy atom. The van der Waals surface area contributed by atoms with Crippen molar-refractivity contribution in [3.05, 3.63) is 99.6 Å². The first-order valence-electron chi connectivity index (χ1n) is 8.99. The number of thiophene rings is 1. The van der Waals surface area contributed by atoms with E-state index in [9.17, 15) is 0 Å². The number of benzene rings is 2. The van der Waals surface area contributed by atoms with Gasteiger partial charge in [-0.25, -0.2) is 0 Å². The van der Waals surface area contributed by atoms with Gasteiger partial charge >= 0.3 is 0 Å². The summed E-state index contributed by atoms with van der Waals surface area (Å²) in [5, 5.41) is 5.85. The molecule has 1 atom stereocenters. The van der Waals surface area contributed by atoms with Gasteiger partial charge in [-0.1, -0.05) is 41.9 Å². The normalized spacial score (nSPS) is 15.6. The highest BCUT2D eigenvalue weighted by atomic mass is 35.5. The summed E-state index contributed by atoms with van der Waals surface area (Å²) in [6.45, 7) is 2.96. The Kier molecular flexibility index (Phi) is 4.07. The van der Waals surface area contributed by atoms with E-state index in [4.69, 9.17) is 16.9 Å². The molecule has 0 N–H and O–H groups in total. The Morgan fingerprint density at radius 3 is 2.74 bits per heavy atom. The number of aryl methyl sites for hydroxylation is 1. The van der Waals surface area contributed by atoms with Gasteiger partial charge in [0, 0.05) is 38.8 Å². The molecular formula is C23H18ClN2S. The van der Waals surface area contributed by atoms with E-state index in [0.717, 1.165) is 28.4 Å². The second-order valence-corrected chi connectivity index (χ2v) is 8.56. The molecule has 0 bridgehead atoms. The van der Waals surface area contributed by atoms with Gasteiger partial charge in [0.25, 0.3) is 0 Å². The summed E-state index contributed by atoms with van der Waals surface area (Å²) < 4.78 is 2.27. The van der Waals surface area contributed by atoms with E-state index in [1.165, 1.54) is 21.0 Å². The van der Waals surface area contributed by atoms with E-state index in [2.05, 4.69) is 78.4 Å². The maximum atomic E-state index is 6.77. The third-order valence-electron chi connectivity index (χ3n) is 5.07. The van der Waals surface area contributed by atoms with Gasteiger partial charge in [0.1, 0.15) is 6.04 Å². The van der Waals surface area contributed by atoms with Crippen molar-refractivity contribution in [1.29, 1.82) is 0 Å². The summed E-state index contributed by atoms with van der Waals surface area (Å²) in [5.41, 5.74) is 5.66. The van der Waals surface area contributed by atoms with Crippen LogP contribution >= 0.6 is 22.9 Å². The van der Waals surface area contributed by atoms with Gasteiger partial charge in [-0.05, 0) is 54.4 Å². The predicted molar refractivity (Wildman–Crippen MR) is 113 cm³/mol. The van der Waals surface area contributed by atoms with Crippen molar-refractivity contribution in [3.8, 4) is 10.4 Å². The van der Waals surface area contributed by atoms with E-state index >= 15 is 0 Å².